The van der Waals surface area contributed by atoms with Gasteiger partial charge in [0.15, 0.2) is 4.77 Å². The van der Waals surface area contributed by atoms with Gasteiger partial charge in [0.25, 0.3) is 11.5 Å². The number of nitrogens with one attached hydrogen (secondary N) is 2. The van der Waals surface area contributed by atoms with Crippen LogP contribution in [0.25, 0.3) is 10.9 Å². The second kappa shape index (κ2) is 8.21. The first kappa shape index (κ1) is 18.4. The van der Waals surface area contributed by atoms with Crippen LogP contribution < -0.4 is 10.9 Å². The van der Waals surface area contributed by atoms with Crippen LogP contribution in [0.3, 0.4) is 0 Å². The molecule has 24 heavy (non-hydrogen) atoms. The molecule has 2 N–H and O–H groups in total. The number of carbonyl (C=O) groups is 1. The summed E-state index contributed by atoms with van der Waals surface area (Å²) in [6.45, 7) is 9.90. The highest BCUT2D eigenvalue weighted by molar-refractivity contribution is 7.71. The first-order chi connectivity index (χ1) is 11.5. The third-order valence-electron chi connectivity index (χ3n) is 4.17. The zero-order valence-corrected chi connectivity index (χ0v) is 15.2. The van der Waals surface area contributed by atoms with Crippen molar-refractivity contribution >= 4 is 29.0 Å². The van der Waals surface area contributed by atoms with Crippen molar-refractivity contribution in [2.45, 2.75) is 27.3 Å². The number of hydrogen-bond donors (Lipinski definition) is 2. The van der Waals surface area contributed by atoms with E-state index in [2.05, 4.69) is 29.0 Å². The minimum absolute atomic E-state index is 0.134. The molecule has 0 aliphatic carbocycles. The van der Waals surface area contributed by atoms with Crippen LogP contribution in [0.15, 0.2) is 23.0 Å². The molecule has 0 spiro atoms. The third-order valence-corrected chi connectivity index (χ3v) is 4.49. The van der Waals surface area contributed by atoms with E-state index in [9.17, 15) is 9.59 Å². The molecule has 1 aromatic carbocycles. The second-order valence-corrected chi connectivity index (χ2v) is 5.91. The van der Waals surface area contributed by atoms with Gasteiger partial charge in [-0.05, 0) is 50.4 Å². The van der Waals surface area contributed by atoms with E-state index >= 15 is 0 Å². The van der Waals surface area contributed by atoms with Crippen LogP contribution in [0, 0.1) is 4.77 Å². The van der Waals surface area contributed by atoms with E-state index in [0.29, 0.717) is 34.3 Å². The van der Waals surface area contributed by atoms with Crippen LogP contribution in [-0.2, 0) is 6.54 Å². The summed E-state index contributed by atoms with van der Waals surface area (Å²) in [5.41, 5.74) is 0.970. The smallest absolute Gasteiger partial charge is 0.262 e. The first-order valence-corrected chi connectivity index (χ1v) is 8.70. The fourth-order valence-corrected chi connectivity index (χ4v) is 2.97. The van der Waals surface area contributed by atoms with Gasteiger partial charge in [-0.2, -0.15) is 0 Å². The van der Waals surface area contributed by atoms with Gasteiger partial charge in [0.2, 0.25) is 0 Å². The average Bonchev–Trinajstić information content (AvgIpc) is 2.58. The second-order valence-electron chi connectivity index (χ2n) is 5.52. The van der Waals surface area contributed by atoms with Crippen molar-refractivity contribution in [3.05, 3.63) is 38.9 Å². The Morgan fingerprint density at radius 1 is 1.29 bits per heavy atom. The Labute approximate surface area is 146 Å². The van der Waals surface area contributed by atoms with E-state index in [4.69, 9.17) is 12.2 Å². The number of hydrogen-bond acceptors (Lipinski definition) is 4. The summed E-state index contributed by atoms with van der Waals surface area (Å²) in [5, 5.41) is 3.44. The maximum Gasteiger partial charge on any atom is 0.262 e. The van der Waals surface area contributed by atoms with Crippen molar-refractivity contribution in [3.63, 3.8) is 0 Å². The molecule has 0 radical (unpaired) electrons. The van der Waals surface area contributed by atoms with Crippen LogP contribution in [0.2, 0.25) is 0 Å². The molecule has 0 fully saturated rings. The molecule has 1 aromatic heterocycles. The fraction of sp³-hybridized carbons (Fsp3) is 0.471. The van der Waals surface area contributed by atoms with Gasteiger partial charge in [0, 0.05) is 25.2 Å². The molecular formula is C17H24N4O2S. The summed E-state index contributed by atoms with van der Waals surface area (Å²) in [6, 6.07) is 5.03. The molecule has 130 valence electrons. The van der Waals surface area contributed by atoms with E-state index in [1.165, 1.54) is 4.57 Å². The van der Waals surface area contributed by atoms with Gasteiger partial charge in [0.1, 0.15) is 0 Å². The first-order valence-electron chi connectivity index (χ1n) is 8.29. The van der Waals surface area contributed by atoms with Crippen molar-refractivity contribution in [1.29, 1.82) is 0 Å². The van der Waals surface area contributed by atoms with Crippen LogP contribution in [0.5, 0.6) is 0 Å². The van der Waals surface area contributed by atoms with Gasteiger partial charge >= 0.3 is 0 Å². The summed E-state index contributed by atoms with van der Waals surface area (Å²) in [7, 11) is 0. The number of likely N-dealkylation sites (N-methyl/N-ethyl adjacent to an activating group) is 1. The topological polar surface area (TPSA) is 70.1 Å². The Kier molecular flexibility index (Phi) is 6.28. The number of aromatic amines is 1. The average molecular weight is 348 g/mol. The van der Waals surface area contributed by atoms with E-state index in [-0.39, 0.29) is 11.5 Å². The highest BCUT2D eigenvalue weighted by atomic mass is 32.1. The quantitative estimate of drug-likeness (QED) is 0.752. The summed E-state index contributed by atoms with van der Waals surface area (Å²) >= 11 is 5.20. The Bertz CT molecular complexity index is 837. The molecule has 0 aliphatic rings. The normalized spacial score (nSPS) is 11.2. The summed E-state index contributed by atoms with van der Waals surface area (Å²) in [5.74, 6) is -0.150. The van der Waals surface area contributed by atoms with E-state index in [1.807, 2.05) is 6.92 Å². The molecule has 0 saturated carbocycles. The fourth-order valence-electron chi connectivity index (χ4n) is 2.65. The van der Waals surface area contributed by atoms with Gasteiger partial charge in [-0.1, -0.05) is 13.8 Å². The Balaban J connectivity index is 2.20. The van der Waals surface area contributed by atoms with Crippen LogP contribution in [0.1, 0.15) is 31.1 Å². The van der Waals surface area contributed by atoms with Crippen LogP contribution in [0.4, 0.5) is 0 Å². The maximum atomic E-state index is 12.3. The van der Waals surface area contributed by atoms with Crippen LogP contribution in [-0.4, -0.2) is 46.5 Å². The summed E-state index contributed by atoms with van der Waals surface area (Å²) in [6.07, 6.45) is 0. The summed E-state index contributed by atoms with van der Waals surface area (Å²) < 4.78 is 1.87. The lowest BCUT2D eigenvalue weighted by molar-refractivity contribution is 0.0949. The zero-order valence-electron chi connectivity index (χ0n) is 14.4. The molecule has 2 rings (SSSR count). The molecule has 7 heteroatoms. The molecule has 0 unspecified atom stereocenters. The number of aromatic nitrogens is 2. The van der Waals surface area contributed by atoms with Crippen molar-refractivity contribution in [2.75, 3.05) is 26.2 Å². The molecular weight excluding hydrogens is 324 g/mol. The standard InChI is InChI=1S/C17H24N4O2S/c1-4-20(5-2)10-9-18-15(22)12-7-8-13-14(11-12)19-17(24)21(6-3)16(13)23/h7-8,11H,4-6,9-10H2,1-3H3,(H,18,22)(H,19,24). The van der Waals surface area contributed by atoms with Gasteiger partial charge in [-0.25, -0.2) is 0 Å². The van der Waals surface area contributed by atoms with E-state index in [0.717, 1.165) is 19.6 Å². The number of nitrogens with zero attached hydrogens (tertiary/aromatic N) is 2. The lowest BCUT2D eigenvalue weighted by Gasteiger charge is -2.18. The number of fused-ring (bicyclic) bond motifs is 1. The van der Waals surface area contributed by atoms with Crippen molar-refractivity contribution in [2.24, 2.45) is 0 Å². The minimum Gasteiger partial charge on any atom is -0.351 e. The van der Waals surface area contributed by atoms with Gasteiger partial charge in [0.05, 0.1) is 10.9 Å². The largest absolute Gasteiger partial charge is 0.351 e. The monoisotopic (exact) mass is 348 g/mol. The molecule has 2 aromatic rings. The number of rotatable bonds is 7. The zero-order chi connectivity index (χ0) is 17.7. The predicted molar refractivity (Wildman–Crippen MR) is 99.2 cm³/mol. The Morgan fingerprint density at radius 2 is 2.00 bits per heavy atom. The highest BCUT2D eigenvalue weighted by Crippen LogP contribution is 2.11. The molecule has 1 amide bonds. The number of amides is 1. The third kappa shape index (κ3) is 3.91. The number of H-pyrrole nitrogens is 1. The number of benzene rings is 1. The maximum absolute atomic E-state index is 12.3. The molecule has 0 aliphatic heterocycles. The van der Waals surface area contributed by atoms with Crippen LogP contribution >= 0.6 is 12.2 Å². The Hall–Kier alpha value is -1.99. The SMILES string of the molecule is CCN(CC)CCNC(=O)c1ccc2c(=O)n(CC)c(=S)[nH]c2c1. The molecule has 0 atom stereocenters. The molecule has 6 nitrogen and oxygen atoms in total. The number of carbonyl (C=O) groups excluding carboxylic acids is 1. The van der Waals surface area contributed by atoms with E-state index < -0.39 is 0 Å². The van der Waals surface area contributed by atoms with Gasteiger partial charge in [-0.3, -0.25) is 14.2 Å². The molecule has 1 heterocycles. The Morgan fingerprint density at radius 3 is 2.62 bits per heavy atom. The van der Waals surface area contributed by atoms with Crippen molar-refractivity contribution in [3.8, 4) is 0 Å². The molecule has 0 bridgehead atoms. The van der Waals surface area contributed by atoms with Crippen molar-refractivity contribution in [1.82, 2.24) is 19.8 Å². The minimum atomic E-state index is -0.150. The lowest BCUT2D eigenvalue weighted by Crippen LogP contribution is -2.34. The van der Waals surface area contributed by atoms with Crippen molar-refractivity contribution < 1.29 is 4.79 Å². The predicted octanol–water partition coefficient (Wildman–Crippen LogP) is 2.15. The van der Waals surface area contributed by atoms with Gasteiger partial charge < -0.3 is 15.2 Å². The highest BCUT2D eigenvalue weighted by Gasteiger charge is 2.10. The lowest BCUT2D eigenvalue weighted by atomic mass is 10.1. The van der Waals surface area contributed by atoms with E-state index in [1.54, 1.807) is 18.2 Å². The summed E-state index contributed by atoms with van der Waals surface area (Å²) in [4.78, 5) is 29.9. The van der Waals surface area contributed by atoms with Gasteiger partial charge in [-0.15, -0.1) is 0 Å². The molecule has 0 saturated heterocycles.